The maximum Gasteiger partial charge on any atom is 0.278 e. The Labute approximate surface area is 172 Å². The largest absolute Gasteiger partial charge is 0.497 e. The Morgan fingerprint density at radius 2 is 1.55 bits per heavy atom. The first-order valence-corrected chi connectivity index (χ1v) is 10.7. The highest BCUT2D eigenvalue weighted by molar-refractivity contribution is 6.35. The van der Waals surface area contributed by atoms with E-state index in [1.54, 1.807) is 12.0 Å². The molecule has 156 valence electrons. The van der Waals surface area contributed by atoms with E-state index in [-0.39, 0.29) is 30.1 Å². The van der Waals surface area contributed by atoms with Crippen molar-refractivity contribution in [2.75, 3.05) is 20.2 Å². The van der Waals surface area contributed by atoms with E-state index < -0.39 is 0 Å². The quantitative estimate of drug-likeness (QED) is 0.729. The van der Waals surface area contributed by atoms with Crippen molar-refractivity contribution in [2.45, 2.75) is 64.2 Å². The molecule has 0 spiro atoms. The van der Waals surface area contributed by atoms with E-state index >= 15 is 0 Å². The fourth-order valence-corrected chi connectivity index (χ4v) is 4.88. The lowest BCUT2D eigenvalue weighted by molar-refractivity contribution is -0.141. The number of ether oxygens (including phenoxy) is 2. The first-order chi connectivity index (χ1) is 14.0. The highest BCUT2D eigenvalue weighted by Gasteiger charge is 2.45. The molecule has 1 saturated carbocycles. The molecule has 29 heavy (non-hydrogen) atoms. The molecule has 1 aromatic carbocycles. The lowest BCUT2D eigenvalue weighted by Crippen LogP contribution is -2.48. The molecular formula is C23H30N2O4. The van der Waals surface area contributed by atoms with Crippen molar-refractivity contribution in [2.24, 2.45) is 0 Å². The SMILES string of the molecule is COc1ccc(C2=C(N3CC(C)OC(C)C3)C(=O)N(C3CCCCC3)C2=O)cc1. The maximum absolute atomic E-state index is 13.6. The predicted octanol–water partition coefficient (Wildman–Crippen LogP) is 3.22. The van der Waals surface area contributed by atoms with E-state index in [1.807, 2.05) is 38.1 Å². The zero-order valence-electron chi connectivity index (χ0n) is 17.5. The molecule has 2 heterocycles. The van der Waals surface area contributed by atoms with Crippen molar-refractivity contribution >= 4 is 17.4 Å². The number of hydrogen-bond acceptors (Lipinski definition) is 5. The minimum atomic E-state index is -0.158. The zero-order valence-corrected chi connectivity index (χ0v) is 17.5. The van der Waals surface area contributed by atoms with Crippen LogP contribution in [0, 0.1) is 0 Å². The molecule has 1 saturated heterocycles. The van der Waals surface area contributed by atoms with E-state index in [0.717, 1.165) is 37.0 Å². The third kappa shape index (κ3) is 3.78. The minimum absolute atomic E-state index is 0.00499. The van der Waals surface area contributed by atoms with Crippen LogP contribution in [0.5, 0.6) is 5.75 Å². The second-order valence-corrected chi connectivity index (χ2v) is 8.39. The van der Waals surface area contributed by atoms with Gasteiger partial charge >= 0.3 is 0 Å². The number of hydrogen-bond donors (Lipinski definition) is 0. The number of amides is 2. The monoisotopic (exact) mass is 398 g/mol. The van der Waals surface area contributed by atoms with Crippen LogP contribution in [0.25, 0.3) is 5.57 Å². The Kier molecular flexibility index (Phi) is 5.63. The molecule has 0 radical (unpaired) electrons. The number of imide groups is 1. The summed E-state index contributed by atoms with van der Waals surface area (Å²) in [6.45, 7) is 5.24. The summed E-state index contributed by atoms with van der Waals surface area (Å²) in [4.78, 5) is 30.7. The van der Waals surface area contributed by atoms with Gasteiger partial charge in [0.15, 0.2) is 0 Å². The van der Waals surface area contributed by atoms with Crippen molar-refractivity contribution in [1.29, 1.82) is 0 Å². The van der Waals surface area contributed by atoms with Crippen molar-refractivity contribution in [3.63, 3.8) is 0 Å². The Morgan fingerprint density at radius 3 is 2.14 bits per heavy atom. The number of benzene rings is 1. The van der Waals surface area contributed by atoms with E-state index in [1.165, 1.54) is 6.42 Å². The highest BCUT2D eigenvalue weighted by Crippen LogP contribution is 2.37. The summed E-state index contributed by atoms with van der Waals surface area (Å²) in [5, 5.41) is 0. The van der Waals surface area contributed by atoms with Crippen LogP contribution < -0.4 is 4.74 Å². The van der Waals surface area contributed by atoms with Crippen LogP contribution in [0.4, 0.5) is 0 Å². The molecule has 0 bridgehead atoms. The van der Waals surface area contributed by atoms with Gasteiger partial charge in [0.1, 0.15) is 11.4 Å². The molecule has 0 N–H and O–H groups in total. The average molecular weight is 399 g/mol. The fourth-order valence-electron chi connectivity index (χ4n) is 4.88. The summed E-state index contributed by atoms with van der Waals surface area (Å²) < 4.78 is 11.1. The van der Waals surface area contributed by atoms with Crippen molar-refractivity contribution in [1.82, 2.24) is 9.80 Å². The Bertz CT molecular complexity index is 801. The van der Waals surface area contributed by atoms with E-state index in [2.05, 4.69) is 4.90 Å². The molecule has 2 atom stereocenters. The van der Waals surface area contributed by atoms with Crippen LogP contribution in [0.2, 0.25) is 0 Å². The molecule has 2 amide bonds. The second-order valence-electron chi connectivity index (χ2n) is 8.39. The van der Waals surface area contributed by atoms with Crippen LogP contribution in [-0.2, 0) is 14.3 Å². The minimum Gasteiger partial charge on any atom is -0.497 e. The highest BCUT2D eigenvalue weighted by atomic mass is 16.5. The lowest BCUT2D eigenvalue weighted by Gasteiger charge is -2.37. The van der Waals surface area contributed by atoms with Gasteiger partial charge in [0.2, 0.25) is 0 Å². The Morgan fingerprint density at radius 1 is 0.931 bits per heavy atom. The molecule has 0 aromatic heterocycles. The molecule has 2 aliphatic heterocycles. The van der Waals surface area contributed by atoms with E-state index in [9.17, 15) is 9.59 Å². The molecule has 2 fully saturated rings. The first kappa shape index (κ1) is 20.0. The number of carbonyl (C=O) groups is 2. The van der Waals surface area contributed by atoms with Gasteiger partial charge in [-0.15, -0.1) is 0 Å². The standard InChI is InChI=1S/C23H30N2O4/c1-15-13-24(14-16(2)29-15)21-20(17-9-11-19(28-3)12-10-17)22(26)25(23(21)27)18-7-5-4-6-8-18/h9-12,15-16,18H,4-8,13-14H2,1-3H3. The smallest absolute Gasteiger partial charge is 0.278 e. The number of carbonyl (C=O) groups excluding carboxylic acids is 2. The molecule has 1 aliphatic carbocycles. The predicted molar refractivity (Wildman–Crippen MR) is 110 cm³/mol. The van der Waals surface area contributed by atoms with E-state index in [0.29, 0.717) is 24.4 Å². The number of rotatable bonds is 4. The van der Waals surface area contributed by atoms with Gasteiger partial charge in [0, 0.05) is 19.1 Å². The zero-order chi connectivity index (χ0) is 20.5. The summed E-state index contributed by atoms with van der Waals surface area (Å²) in [7, 11) is 1.62. The average Bonchev–Trinajstić information content (AvgIpc) is 2.98. The van der Waals surface area contributed by atoms with E-state index in [4.69, 9.17) is 9.47 Å². The van der Waals surface area contributed by atoms with Gasteiger partial charge in [0.05, 0.1) is 24.9 Å². The molecule has 3 aliphatic rings. The van der Waals surface area contributed by atoms with Gasteiger partial charge in [-0.3, -0.25) is 14.5 Å². The van der Waals surface area contributed by atoms with Crippen LogP contribution in [0.15, 0.2) is 30.0 Å². The van der Waals surface area contributed by atoms with Crippen LogP contribution in [0.1, 0.15) is 51.5 Å². The summed E-state index contributed by atoms with van der Waals surface area (Å²) in [6.07, 6.45) is 5.13. The van der Waals surface area contributed by atoms with Crippen molar-refractivity contribution in [3.05, 3.63) is 35.5 Å². The summed E-state index contributed by atoms with van der Waals surface area (Å²) >= 11 is 0. The molecule has 4 rings (SSSR count). The van der Waals surface area contributed by atoms with Gasteiger partial charge in [-0.25, -0.2) is 0 Å². The fraction of sp³-hybridized carbons (Fsp3) is 0.565. The lowest BCUT2D eigenvalue weighted by atomic mass is 9.94. The molecule has 2 unspecified atom stereocenters. The molecule has 6 nitrogen and oxygen atoms in total. The molecule has 1 aromatic rings. The normalized spacial score (nSPS) is 26.4. The van der Waals surface area contributed by atoms with Gasteiger partial charge in [-0.2, -0.15) is 0 Å². The third-order valence-electron chi connectivity index (χ3n) is 6.15. The van der Waals surface area contributed by atoms with Gasteiger partial charge in [-0.1, -0.05) is 31.4 Å². The first-order valence-electron chi connectivity index (χ1n) is 10.7. The Balaban J connectivity index is 1.75. The number of morpholine rings is 1. The van der Waals surface area contributed by atoms with Gasteiger partial charge in [-0.05, 0) is 44.4 Å². The summed E-state index contributed by atoms with van der Waals surface area (Å²) in [6, 6.07) is 7.43. The third-order valence-corrected chi connectivity index (χ3v) is 6.15. The second kappa shape index (κ2) is 8.19. The number of methoxy groups -OCH3 is 1. The number of nitrogens with zero attached hydrogens (tertiary/aromatic N) is 2. The van der Waals surface area contributed by atoms with Gasteiger partial charge in [0.25, 0.3) is 11.8 Å². The van der Waals surface area contributed by atoms with Crippen molar-refractivity contribution < 1.29 is 19.1 Å². The van der Waals surface area contributed by atoms with Crippen molar-refractivity contribution in [3.8, 4) is 5.75 Å². The summed E-state index contributed by atoms with van der Waals surface area (Å²) in [5.41, 5.74) is 1.82. The molecular weight excluding hydrogens is 368 g/mol. The van der Waals surface area contributed by atoms with Crippen LogP contribution in [0.3, 0.4) is 0 Å². The summed E-state index contributed by atoms with van der Waals surface area (Å²) in [5.74, 6) is 0.424. The molecule has 6 heteroatoms. The maximum atomic E-state index is 13.6. The van der Waals surface area contributed by atoms with Crippen LogP contribution in [-0.4, -0.2) is 60.1 Å². The topological polar surface area (TPSA) is 59.1 Å². The van der Waals surface area contributed by atoms with Crippen LogP contribution >= 0.6 is 0 Å². The Hall–Kier alpha value is -2.34. The van der Waals surface area contributed by atoms with Gasteiger partial charge < -0.3 is 14.4 Å².